The van der Waals surface area contributed by atoms with Gasteiger partial charge in [0.15, 0.2) is 11.5 Å². The Hall–Kier alpha value is -4.00. The standard InChI is InChI=1S/C23H17IN4O6/c1-2-33-19-12-14(10-17-22(29)26-27(23(17)30)15-6-4-3-5-7-15)11-18(24)21(19)34-20-9-8-16(13-25-20)28(31)32/h3-13H,2H2,1H3,(H,26,29)/b17-10-. The van der Waals surface area contributed by atoms with Crippen LogP contribution in [0.2, 0.25) is 0 Å². The number of halogens is 1. The van der Waals surface area contributed by atoms with Crippen LogP contribution in [0.15, 0.2) is 66.4 Å². The highest BCUT2D eigenvalue weighted by Crippen LogP contribution is 2.38. The average Bonchev–Trinajstić information content (AvgIpc) is 3.10. The monoisotopic (exact) mass is 572 g/mol. The second-order valence-electron chi connectivity index (χ2n) is 6.95. The second-order valence-corrected chi connectivity index (χ2v) is 8.11. The molecular weight excluding hydrogens is 555 g/mol. The van der Waals surface area contributed by atoms with Gasteiger partial charge in [0, 0.05) is 12.1 Å². The van der Waals surface area contributed by atoms with Crippen molar-refractivity contribution < 1.29 is 24.0 Å². The Morgan fingerprint density at radius 3 is 2.59 bits per heavy atom. The third kappa shape index (κ3) is 4.83. The van der Waals surface area contributed by atoms with E-state index in [9.17, 15) is 19.7 Å². The number of pyridine rings is 1. The van der Waals surface area contributed by atoms with Crippen molar-refractivity contribution in [2.24, 2.45) is 0 Å². The number of benzene rings is 2. The molecule has 0 spiro atoms. The van der Waals surface area contributed by atoms with Crippen LogP contribution in [0.1, 0.15) is 12.5 Å². The number of aromatic nitrogens is 1. The van der Waals surface area contributed by atoms with Crippen LogP contribution < -0.4 is 19.9 Å². The van der Waals surface area contributed by atoms with Gasteiger partial charge in [-0.1, -0.05) is 18.2 Å². The van der Waals surface area contributed by atoms with E-state index in [1.807, 2.05) is 28.7 Å². The molecule has 2 amide bonds. The number of anilines is 1. The third-order valence-electron chi connectivity index (χ3n) is 4.69. The van der Waals surface area contributed by atoms with Crippen molar-refractivity contribution in [2.75, 3.05) is 11.6 Å². The molecule has 3 aromatic rings. The number of nitrogens with one attached hydrogen (secondary N) is 1. The molecule has 1 saturated heterocycles. The minimum Gasteiger partial charge on any atom is -0.490 e. The molecule has 4 rings (SSSR count). The van der Waals surface area contributed by atoms with Crippen LogP contribution in [0, 0.1) is 13.7 Å². The summed E-state index contributed by atoms with van der Waals surface area (Å²) in [5, 5.41) is 12.0. The molecule has 172 valence electrons. The first-order valence-corrected chi connectivity index (χ1v) is 11.1. The van der Waals surface area contributed by atoms with E-state index < -0.39 is 16.7 Å². The minimum atomic E-state index is -0.548. The van der Waals surface area contributed by atoms with Crippen molar-refractivity contribution in [1.29, 1.82) is 0 Å². The summed E-state index contributed by atoms with van der Waals surface area (Å²) < 4.78 is 12.2. The number of ether oxygens (including phenoxy) is 2. The van der Waals surface area contributed by atoms with Crippen molar-refractivity contribution in [3.05, 3.63) is 85.6 Å². The highest BCUT2D eigenvalue weighted by Gasteiger charge is 2.34. The lowest BCUT2D eigenvalue weighted by molar-refractivity contribution is -0.385. The molecule has 2 aromatic carbocycles. The summed E-state index contributed by atoms with van der Waals surface area (Å²) in [5.41, 5.74) is 3.50. The Balaban J connectivity index is 1.64. The lowest BCUT2D eigenvalue weighted by Crippen LogP contribution is -2.35. The molecule has 1 aromatic heterocycles. The van der Waals surface area contributed by atoms with E-state index in [0.29, 0.717) is 32.9 Å². The maximum atomic E-state index is 12.9. The van der Waals surface area contributed by atoms with Gasteiger partial charge in [-0.25, -0.2) is 9.99 Å². The lowest BCUT2D eigenvalue weighted by atomic mass is 10.1. The van der Waals surface area contributed by atoms with E-state index in [1.165, 1.54) is 23.2 Å². The average molecular weight is 572 g/mol. The maximum absolute atomic E-state index is 12.9. The number of nitrogens with zero attached hydrogens (tertiary/aromatic N) is 3. The van der Waals surface area contributed by atoms with Gasteiger partial charge in [-0.05, 0) is 65.4 Å². The van der Waals surface area contributed by atoms with E-state index in [4.69, 9.17) is 9.47 Å². The fourth-order valence-electron chi connectivity index (χ4n) is 3.16. The summed E-state index contributed by atoms with van der Waals surface area (Å²) >= 11 is 2.04. The van der Waals surface area contributed by atoms with E-state index in [0.717, 1.165) is 6.20 Å². The molecule has 0 radical (unpaired) electrons. The molecule has 0 atom stereocenters. The number of amides is 2. The van der Waals surface area contributed by atoms with Crippen LogP contribution >= 0.6 is 22.6 Å². The maximum Gasteiger partial charge on any atom is 0.287 e. The normalized spacial score (nSPS) is 14.3. The predicted molar refractivity (Wildman–Crippen MR) is 131 cm³/mol. The highest BCUT2D eigenvalue weighted by molar-refractivity contribution is 14.1. The van der Waals surface area contributed by atoms with Gasteiger partial charge in [-0.15, -0.1) is 0 Å². The zero-order chi connectivity index (χ0) is 24.2. The topological polar surface area (TPSA) is 124 Å². The molecule has 0 bridgehead atoms. The largest absolute Gasteiger partial charge is 0.490 e. The number of rotatable bonds is 7. The first kappa shape index (κ1) is 23.2. The van der Waals surface area contributed by atoms with E-state index >= 15 is 0 Å². The van der Waals surface area contributed by atoms with Crippen LogP contribution in [0.3, 0.4) is 0 Å². The van der Waals surface area contributed by atoms with Crippen molar-refractivity contribution >= 4 is 51.9 Å². The zero-order valence-corrected chi connectivity index (χ0v) is 19.9. The Morgan fingerprint density at radius 2 is 1.94 bits per heavy atom. The van der Waals surface area contributed by atoms with Gasteiger partial charge in [0.05, 0.1) is 20.8 Å². The highest BCUT2D eigenvalue weighted by atomic mass is 127. The molecule has 34 heavy (non-hydrogen) atoms. The van der Waals surface area contributed by atoms with Gasteiger partial charge in [0.1, 0.15) is 11.8 Å². The predicted octanol–water partition coefficient (Wildman–Crippen LogP) is 4.25. The number of carbonyl (C=O) groups excluding carboxylic acids is 2. The van der Waals surface area contributed by atoms with Gasteiger partial charge in [-0.3, -0.25) is 25.1 Å². The van der Waals surface area contributed by atoms with Gasteiger partial charge in [0.25, 0.3) is 17.5 Å². The van der Waals surface area contributed by atoms with Crippen LogP contribution in [-0.4, -0.2) is 28.3 Å². The lowest BCUT2D eigenvalue weighted by Gasteiger charge is -2.14. The zero-order valence-electron chi connectivity index (χ0n) is 17.7. The summed E-state index contributed by atoms with van der Waals surface area (Å²) in [5.74, 6) is -0.109. The quantitative estimate of drug-likeness (QED) is 0.148. The first-order valence-electron chi connectivity index (χ1n) is 10.0. The molecule has 0 saturated carbocycles. The first-order chi connectivity index (χ1) is 16.4. The molecule has 1 aliphatic rings. The molecular formula is C23H17IN4O6. The van der Waals surface area contributed by atoms with E-state index in [-0.39, 0.29) is 17.1 Å². The van der Waals surface area contributed by atoms with Crippen LogP contribution in [0.5, 0.6) is 17.4 Å². The minimum absolute atomic E-state index is 0.0206. The van der Waals surface area contributed by atoms with Crippen LogP contribution in [0.4, 0.5) is 11.4 Å². The molecule has 11 heteroatoms. The SMILES string of the molecule is CCOc1cc(/C=C2/C(=O)NN(c3ccccc3)C2=O)cc(I)c1Oc1ccc([N+](=O)[O-])cn1. The molecule has 1 aliphatic heterocycles. The van der Waals surface area contributed by atoms with Crippen molar-refractivity contribution in [1.82, 2.24) is 10.4 Å². The Labute approximate surface area is 207 Å². The van der Waals surface area contributed by atoms with Crippen LogP contribution in [-0.2, 0) is 9.59 Å². The van der Waals surface area contributed by atoms with Gasteiger partial charge in [0.2, 0.25) is 5.88 Å². The number of carbonyl (C=O) groups is 2. The summed E-state index contributed by atoms with van der Waals surface area (Å²) in [6.07, 6.45) is 2.59. The summed E-state index contributed by atoms with van der Waals surface area (Å²) in [6, 6.07) is 14.8. The summed E-state index contributed by atoms with van der Waals surface area (Å²) in [7, 11) is 0. The Morgan fingerprint density at radius 1 is 1.18 bits per heavy atom. The van der Waals surface area contributed by atoms with Crippen molar-refractivity contribution in [3.63, 3.8) is 0 Å². The molecule has 1 fully saturated rings. The molecule has 0 unspecified atom stereocenters. The summed E-state index contributed by atoms with van der Waals surface area (Å²) in [6.45, 7) is 2.14. The molecule has 0 aliphatic carbocycles. The van der Waals surface area contributed by atoms with Crippen molar-refractivity contribution in [2.45, 2.75) is 6.92 Å². The smallest absolute Gasteiger partial charge is 0.287 e. The van der Waals surface area contributed by atoms with Crippen LogP contribution in [0.25, 0.3) is 6.08 Å². The van der Waals surface area contributed by atoms with Gasteiger partial charge >= 0.3 is 0 Å². The third-order valence-corrected chi connectivity index (χ3v) is 5.49. The number of hydrogen-bond acceptors (Lipinski definition) is 7. The Bertz CT molecular complexity index is 1290. The summed E-state index contributed by atoms with van der Waals surface area (Å²) in [4.78, 5) is 39.6. The fourth-order valence-corrected chi connectivity index (χ4v) is 3.90. The van der Waals surface area contributed by atoms with Crippen molar-refractivity contribution in [3.8, 4) is 17.4 Å². The number of hydrazine groups is 1. The molecule has 2 heterocycles. The number of hydrogen-bond donors (Lipinski definition) is 1. The fraction of sp³-hybridized carbons (Fsp3) is 0.0870. The van der Waals surface area contributed by atoms with Gasteiger partial charge in [-0.2, -0.15) is 0 Å². The van der Waals surface area contributed by atoms with E-state index in [1.54, 1.807) is 43.3 Å². The second kappa shape index (κ2) is 9.87. The Kier molecular flexibility index (Phi) is 6.72. The number of para-hydroxylation sites is 1. The van der Waals surface area contributed by atoms with E-state index in [2.05, 4.69) is 10.4 Å². The molecule has 10 nitrogen and oxygen atoms in total. The number of nitro groups is 1. The van der Waals surface area contributed by atoms with Gasteiger partial charge < -0.3 is 9.47 Å². The molecule has 1 N–H and O–H groups in total.